The quantitative estimate of drug-likeness (QED) is 0.821. The number of benzene rings is 1. The Hall–Kier alpha value is -2.77. The van der Waals surface area contributed by atoms with Crippen LogP contribution in [0.25, 0.3) is 0 Å². The molecule has 0 radical (unpaired) electrons. The van der Waals surface area contributed by atoms with Gasteiger partial charge in [0.05, 0.1) is 17.2 Å². The van der Waals surface area contributed by atoms with E-state index in [1.165, 1.54) is 0 Å². The number of fused-ring (bicyclic) bond motifs is 2. The minimum absolute atomic E-state index is 0.0169. The van der Waals surface area contributed by atoms with Crippen molar-refractivity contribution in [3.05, 3.63) is 66.0 Å². The summed E-state index contributed by atoms with van der Waals surface area (Å²) in [4.78, 5) is 36.0. The summed E-state index contributed by atoms with van der Waals surface area (Å²) in [7, 11) is 0. The summed E-state index contributed by atoms with van der Waals surface area (Å²) in [6.45, 7) is 2.90. The summed E-state index contributed by atoms with van der Waals surface area (Å²) in [6, 6.07) is 13.0. The second-order valence-corrected chi connectivity index (χ2v) is 8.37. The van der Waals surface area contributed by atoms with Crippen LogP contribution >= 0.6 is 0 Å². The van der Waals surface area contributed by atoms with Crippen LogP contribution in [-0.4, -0.2) is 87.0 Å². The summed E-state index contributed by atoms with van der Waals surface area (Å²) in [5.74, 6) is -0.0189. The third-order valence-electron chi connectivity index (χ3n) is 6.39. The number of amides is 2. The first-order valence-electron chi connectivity index (χ1n) is 10.0. The highest BCUT2D eigenvalue weighted by Crippen LogP contribution is 2.39. The fourth-order valence-corrected chi connectivity index (χ4v) is 5.09. The Morgan fingerprint density at radius 3 is 2.34 bits per heavy atom. The van der Waals surface area contributed by atoms with Crippen molar-refractivity contribution in [3.63, 3.8) is 0 Å². The van der Waals surface area contributed by atoms with Crippen LogP contribution in [0.2, 0.25) is 0 Å². The van der Waals surface area contributed by atoms with E-state index in [1.807, 2.05) is 40.1 Å². The number of hydrogen-bond acceptors (Lipinski definition) is 5. The predicted molar refractivity (Wildman–Crippen MR) is 106 cm³/mol. The Balaban J connectivity index is 1.37. The Labute approximate surface area is 169 Å². The molecule has 150 valence electrons. The summed E-state index contributed by atoms with van der Waals surface area (Å²) < 4.78 is 0. The third kappa shape index (κ3) is 3.10. The van der Waals surface area contributed by atoms with Crippen LogP contribution in [0.1, 0.15) is 27.1 Å². The maximum absolute atomic E-state index is 13.1. The molecule has 7 heteroatoms. The standard InChI is InChI=1S/C22H24N4O3/c27-19-9-18-11-24(21(29)17-7-4-8-23-10-17)13-22(26(18)12-19)14-25(15-22)20(28)16-5-2-1-3-6-16/h1-8,10,18-19,27H,9,11-15H2/t18-,19-/m1/s1. The number of aliphatic hydroxyl groups excluding tert-OH is 1. The number of rotatable bonds is 2. The van der Waals surface area contributed by atoms with Gasteiger partial charge in [-0.25, -0.2) is 0 Å². The largest absolute Gasteiger partial charge is 0.392 e. The fraction of sp³-hybridized carbons (Fsp3) is 0.409. The number of piperazine rings is 1. The van der Waals surface area contributed by atoms with Gasteiger partial charge in [-0.2, -0.15) is 0 Å². The zero-order valence-corrected chi connectivity index (χ0v) is 16.1. The lowest BCUT2D eigenvalue weighted by Crippen LogP contribution is -2.79. The molecule has 2 amide bonds. The second-order valence-electron chi connectivity index (χ2n) is 8.37. The van der Waals surface area contributed by atoms with Gasteiger partial charge in [-0.05, 0) is 30.7 Å². The van der Waals surface area contributed by atoms with Crippen LogP contribution in [0.4, 0.5) is 0 Å². The van der Waals surface area contributed by atoms with Gasteiger partial charge in [0.15, 0.2) is 0 Å². The van der Waals surface area contributed by atoms with Crippen molar-refractivity contribution in [2.24, 2.45) is 0 Å². The molecule has 2 atom stereocenters. The maximum Gasteiger partial charge on any atom is 0.255 e. The number of aromatic nitrogens is 1. The van der Waals surface area contributed by atoms with E-state index in [2.05, 4.69) is 9.88 Å². The summed E-state index contributed by atoms with van der Waals surface area (Å²) in [5, 5.41) is 10.3. The van der Waals surface area contributed by atoms with E-state index in [4.69, 9.17) is 0 Å². The first kappa shape index (κ1) is 18.3. The average molecular weight is 392 g/mol. The van der Waals surface area contributed by atoms with E-state index < -0.39 is 0 Å². The van der Waals surface area contributed by atoms with Crippen molar-refractivity contribution < 1.29 is 14.7 Å². The SMILES string of the molecule is O=C(c1cccnc1)N1C[C@H]2C[C@@H](O)CN2C2(C1)CN(C(=O)c1ccccc1)C2. The van der Waals surface area contributed by atoms with Crippen LogP contribution in [-0.2, 0) is 0 Å². The van der Waals surface area contributed by atoms with Crippen LogP contribution < -0.4 is 0 Å². The number of nitrogens with zero attached hydrogens (tertiary/aromatic N) is 4. The number of β-amino-alcohol motifs (C(OH)–C–C–N with tert-alkyl or cyclic N) is 1. The number of carbonyl (C=O) groups is 2. The van der Waals surface area contributed by atoms with Gasteiger partial charge < -0.3 is 14.9 Å². The molecule has 2 aromatic rings. The van der Waals surface area contributed by atoms with Crippen molar-refractivity contribution in [2.45, 2.75) is 24.1 Å². The van der Waals surface area contributed by atoms with Crippen molar-refractivity contribution >= 4 is 11.8 Å². The lowest BCUT2D eigenvalue weighted by Gasteiger charge is -2.60. The molecule has 0 unspecified atom stereocenters. The minimum Gasteiger partial charge on any atom is -0.392 e. The van der Waals surface area contributed by atoms with Gasteiger partial charge in [-0.3, -0.25) is 19.5 Å². The molecule has 0 saturated carbocycles. The Morgan fingerprint density at radius 1 is 0.931 bits per heavy atom. The Kier molecular flexibility index (Phi) is 4.37. The van der Waals surface area contributed by atoms with E-state index >= 15 is 0 Å². The molecule has 0 bridgehead atoms. The topological polar surface area (TPSA) is 77.0 Å². The van der Waals surface area contributed by atoms with E-state index in [1.54, 1.807) is 24.5 Å². The smallest absolute Gasteiger partial charge is 0.255 e. The molecule has 0 aliphatic carbocycles. The lowest BCUT2D eigenvalue weighted by atomic mass is 9.83. The zero-order valence-electron chi connectivity index (χ0n) is 16.1. The van der Waals surface area contributed by atoms with Gasteiger partial charge in [0, 0.05) is 56.7 Å². The van der Waals surface area contributed by atoms with E-state index in [-0.39, 0.29) is 29.5 Å². The zero-order chi connectivity index (χ0) is 20.0. The summed E-state index contributed by atoms with van der Waals surface area (Å²) in [6.07, 6.45) is 3.52. The Morgan fingerprint density at radius 2 is 1.62 bits per heavy atom. The molecule has 3 aliphatic heterocycles. The van der Waals surface area contributed by atoms with E-state index in [0.29, 0.717) is 50.3 Å². The van der Waals surface area contributed by atoms with Crippen molar-refractivity contribution in [2.75, 3.05) is 32.7 Å². The van der Waals surface area contributed by atoms with Crippen LogP contribution in [0, 0.1) is 0 Å². The van der Waals surface area contributed by atoms with Crippen molar-refractivity contribution in [1.82, 2.24) is 19.7 Å². The van der Waals surface area contributed by atoms with Gasteiger partial charge in [0.25, 0.3) is 11.8 Å². The van der Waals surface area contributed by atoms with Crippen LogP contribution in [0.5, 0.6) is 0 Å². The molecule has 1 N–H and O–H groups in total. The summed E-state index contributed by atoms with van der Waals surface area (Å²) >= 11 is 0. The van der Waals surface area contributed by atoms with Gasteiger partial charge in [-0.15, -0.1) is 0 Å². The molecule has 1 aromatic carbocycles. The molecule has 1 spiro atoms. The molecule has 5 rings (SSSR count). The number of carbonyl (C=O) groups excluding carboxylic acids is 2. The van der Waals surface area contributed by atoms with Crippen molar-refractivity contribution in [3.8, 4) is 0 Å². The first-order valence-corrected chi connectivity index (χ1v) is 10.0. The highest BCUT2D eigenvalue weighted by Gasteiger charge is 2.57. The van der Waals surface area contributed by atoms with Crippen molar-refractivity contribution in [1.29, 1.82) is 0 Å². The molecule has 4 heterocycles. The molecule has 3 aliphatic rings. The molecule has 1 aromatic heterocycles. The number of pyridine rings is 1. The lowest BCUT2D eigenvalue weighted by molar-refractivity contribution is -0.0917. The minimum atomic E-state index is -0.385. The number of likely N-dealkylation sites (tertiary alicyclic amines) is 1. The Bertz CT molecular complexity index is 914. The van der Waals surface area contributed by atoms with E-state index in [9.17, 15) is 14.7 Å². The predicted octanol–water partition coefficient (Wildman–Crippen LogP) is 0.867. The van der Waals surface area contributed by atoms with Gasteiger partial charge in [-0.1, -0.05) is 18.2 Å². The average Bonchev–Trinajstić information content (AvgIpc) is 3.12. The maximum atomic E-state index is 13.1. The molecule has 29 heavy (non-hydrogen) atoms. The molecule has 3 fully saturated rings. The number of hydrogen-bond donors (Lipinski definition) is 1. The highest BCUT2D eigenvalue weighted by molar-refractivity contribution is 5.95. The van der Waals surface area contributed by atoms with E-state index in [0.717, 1.165) is 0 Å². The van der Waals surface area contributed by atoms with Gasteiger partial charge >= 0.3 is 0 Å². The second kappa shape index (κ2) is 6.93. The van der Waals surface area contributed by atoms with Crippen LogP contribution in [0.3, 0.4) is 0 Å². The fourth-order valence-electron chi connectivity index (χ4n) is 5.09. The molecule has 7 nitrogen and oxygen atoms in total. The highest BCUT2D eigenvalue weighted by atomic mass is 16.3. The number of aliphatic hydroxyl groups is 1. The third-order valence-corrected chi connectivity index (χ3v) is 6.39. The summed E-state index contributed by atoms with van der Waals surface area (Å²) in [5.41, 5.74) is 0.966. The monoisotopic (exact) mass is 392 g/mol. The van der Waals surface area contributed by atoms with Gasteiger partial charge in [0.1, 0.15) is 0 Å². The molecular formula is C22H24N4O3. The molecular weight excluding hydrogens is 368 g/mol. The molecule has 3 saturated heterocycles. The van der Waals surface area contributed by atoms with Crippen LogP contribution in [0.15, 0.2) is 54.9 Å². The normalized spacial score (nSPS) is 25.6. The van der Waals surface area contributed by atoms with Gasteiger partial charge in [0.2, 0.25) is 0 Å². The first-order chi connectivity index (χ1) is 14.1.